The zero-order valence-corrected chi connectivity index (χ0v) is 12.4. The molecule has 0 aliphatic carbocycles. The minimum atomic E-state index is -1.64. The van der Waals surface area contributed by atoms with Crippen LogP contribution in [0, 0.1) is 17.5 Å². The zero-order chi connectivity index (χ0) is 16.6. The molecule has 0 saturated carbocycles. The van der Waals surface area contributed by atoms with Gasteiger partial charge in [0.05, 0.1) is 18.2 Å². The van der Waals surface area contributed by atoms with Gasteiger partial charge in [0.15, 0.2) is 17.5 Å². The standard InChI is InChI=1S/C17H14F3NO2/c1-21(13-8-9-23-14-5-3-2-4-10(13)14)17(22)11-6-7-12(18)16(20)15(11)19/h2-7,13H,8-9H2,1H3. The van der Waals surface area contributed by atoms with E-state index in [0.29, 0.717) is 18.8 Å². The molecule has 3 nitrogen and oxygen atoms in total. The van der Waals surface area contributed by atoms with Gasteiger partial charge in [-0.3, -0.25) is 4.79 Å². The molecule has 1 heterocycles. The number of halogens is 3. The Morgan fingerprint density at radius 1 is 1.13 bits per heavy atom. The fourth-order valence-electron chi connectivity index (χ4n) is 2.75. The highest BCUT2D eigenvalue weighted by Gasteiger charge is 2.30. The van der Waals surface area contributed by atoms with E-state index in [1.54, 1.807) is 6.07 Å². The summed E-state index contributed by atoms with van der Waals surface area (Å²) in [6.45, 7) is 0.416. The highest BCUT2D eigenvalue weighted by atomic mass is 19.2. The van der Waals surface area contributed by atoms with Crippen LogP contribution in [0.2, 0.25) is 0 Å². The van der Waals surface area contributed by atoms with Crippen molar-refractivity contribution in [1.82, 2.24) is 4.90 Å². The summed E-state index contributed by atoms with van der Waals surface area (Å²) in [6, 6.07) is 8.63. The summed E-state index contributed by atoms with van der Waals surface area (Å²) in [5.74, 6) is -4.48. The number of fused-ring (bicyclic) bond motifs is 1. The zero-order valence-electron chi connectivity index (χ0n) is 12.4. The van der Waals surface area contributed by atoms with Crippen molar-refractivity contribution >= 4 is 5.91 Å². The molecule has 0 fully saturated rings. The van der Waals surface area contributed by atoms with E-state index in [4.69, 9.17) is 4.74 Å². The van der Waals surface area contributed by atoms with Crippen molar-refractivity contribution in [3.05, 3.63) is 65.0 Å². The molecule has 0 bridgehead atoms. The molecular formula is C17H14F3NO2. The van der Waals surface area contributed by atoms with E-state index >= 15 is 0 Å². The van der Waals surface area contributed by atoms with E-state index in [1.165, 1.54) is 11.9 Å². The lowest BCUT2D eigenvalue weighted by Crippen LogP contribution is -2.35. The molecule has 1 aliphatic heterocycles. The Bertz CT molecular complexity index is 763. The summed E-state index contributed by atoms with van der Waals surface area (Å²) >= 11 is 0. The molecule has 0 radical (unpaired) electrons. The van der Waals surface area contributed by atoms with Crippen LogP contribution in [-0.4, -0.2) is 24.5 Å². The molecule has 0 aromatic heterocycles. The Morgan fingerprint density at radius 3 is 2.65 bits per heavy atom. The van der Waals surface area contributed by atoms with E-state index in [-0.39, 0.29) is 6.04 Å². The van der Waals surface area contributed by atoms with Crippen molar-refractivity contribution in [3.63, 3.8) is 0 Å². The summed E-state index contributed by atoms with van der Waals surface area (Å²) in [4.78, 5) is 13.8. The summed E-state index contributed by atoms with van der Waals surface area (Å²) in [5, 5.41) is 0. The molecule has 6 heteroatoms. The first-order valence-corrected chi connectivity index (χ1v) is 7.13. The number of nitrogens with zero attached hydrogens (tertiary/aromatic N) is 1. The van der Waals surface area contributed by atoms with Gasteiger partial charge in [-0.1, -0.05) is 18.2 Å². The van der Waals surface area contributed by atoms with Gasteiger partial charge >= 0.3 is 0 Å². The maximum Gasteiger partial charge on any atom is 0.257 e. The average molecular weight is 321 g/mol. The van der Waals surface area contributed by atoms with Crippen LogP contribution in [0.4, 0.5) is 13.2 Å². The van der Waals surface area contributed by atoms with Crippen molar-refractivity contribution < 1.29 is 22.7 Å². The van der Waals surface area contributed by atoms with E-state index in [2.05, 4.69) is 0 Å². The van der Waals surface area contributed by atoms with E-state index in [9.17, 15) is 18.0 Å². The number of benzene rings is 2. The van der Waals surface area contributed by atoms with Crippen molar-refractivity contribution in [1.29, 1.82) is 0 Å². The van der Waals surface area contributed by atoms with Crippen LogP contribution < -0.4 is 4.74 Å². The molecule has 23 heavy (non-hydrogen) atoms. The van der Waals surface area contributed by atoms with Gasteiger partial charge in [-0.2, -0.15) is 0 Å². The Morgan fingerprint density at radius 2 is 1.87 bits per heavy atom. The van der Waals surface area contributed by atoms with E-state index < -0.39 is 28.9 Å². The maximum atomic E-state index is 13.8. The Hall–Kier alpha value is -2.50. The number of carbonyl (C=O) groups excluding carboxylic acids is 1. The highest BCUT2D eigenvalue weighted by Crippen LogP contribution is 2.35. The Balaban J connectivity index is 1.94. The molecular weight excluding hydrogens is 307 g/mol. The summed E-state index contributed by atoms with van der Waals surface area (Å²) in [6.07, 6.45) is 0.532. The quantitative estimate of drug-likeness (QED) is 0.789. The first kappa shape index (κ1) is 15.4. The monoisotopic (exact) mass is 321 g/mol. The van der Waals surface area contributed by atoms with Crippen LogP contribution in [0.25, 0.3) is 0 Å². The summed E-state index contributed by atoms with van der Waals surface area (Å²) in [5.41, 5.74) is 0.313. The molecule has 3 rings (SSSR count). The van der Waals surface area contributed by atoms with Crippen molar-refractivity contribution in [2.24, 2.45) is 0 Å². The van der Waals surface area contributed by atoms with Gasteiger partial charge in [-0.05, 0) is 18.2 Å². The molecule has 1 atom stereocenters. The predicted molar refractivity (Wildman–Crippen MR) is 77.7 cm³/mol. The smallest absolute Gasteiger partial charge is 0.257 e. The van der Waals surface area contributed by atoms with Gasteiger partial charge in [0.2, 0.25) is 0 Å². The fourth-order valence-corrected chi connectivity index (χ4v) is 2.75. The van der Waals surface area contributed by atoms with Crippen molar-refractivity contribution in [2.75, 3.05) is 13.7 Å². The first-order chi connectivity index (χ1) is 11.0. The highest BCUT2D eigenvalue weighted by molar-refractivity contribution is 5.94. The second-order valence-electron chi connectivity index (χ2n) is 5.33. The molecule has 0 N–H and O–H groups in total. The van der Waals surface area contributed by atoms with Gasteiger partial charge in [0.1, 0.15) is 5.75 Å². The van der Waals surface area contributed by atoms with Gasteiger partial charge in [-0.15, -0.1) is 0 Å². The van der Waals surface area contributed by atoms with Crippen molar-refractivity contribution in [2.45, 2.75) is 12.5 Å². The second kappa shape index (κ2) is 5.95. The summed E-state index contributed by atoms with van der Waals surface area (Å²) < 4.78 is 45.8. The Labute approximate surface area is 131 Å². The van der Waals surface area contributed by atoms with Crippen LogP contribution in [0.15, 0.2) is 36.4 Å². The van der Waals surface area contributed by atoms with E-state index in [1.807, 2.05) is 18.2 Å². The van der Waals surface area contributed by atoms with Gasteiger partial charge < -0.3 is 9.64 Å². The third kappa shape index (κ3) is 2.65. The first-order valence-electron chi connectivity index (χ1n) is 7.13. The van der Waals surface area contributed by atoms with Crippen LogP contribution in [0.1, 0.15) is 28.4 Å². The molecule has 1 unspecified atom stereocenters. The molecule has 1 amide bonds. The number of para-hydroxylation sites is 1. The second-order valence-corrected chi connectivity index (χ2v) is 5.33. The fraction of sp³-hybridized carbons (Fsp3) is 0.235. The van der Waals surface area contributed by atoms with E-state index in [0.717, 1.165) is 17.7 Å². The topological polar surface area (TPSA) is 29.5 Å². The normalized spacial score (nSPS) is 16.4. The van der Waals surface area contributed by atoms with Gasteiger partial charge in [0.25, 0.3) is 5.91 Å². The molecule has 2 aromatic carbocycles. The number of ether oxygens (including phenoxy) is 1. The largest absolute Gasteiger partial charge is 0.493 e. The maximum absolute atomic E-state index is 13.8. The molecule has 0 saturated heterocycles. The summed E-state index contributed by atoms with van der Waals surface area (Å²) in [7, 11) is 1.51. The van der Waals surface area contributed by atoms with Crippen molar-refractivity contribution in [3.8, 4) is 5.75 Å². The lowest BCUT2D eigenvalue weighted by Gasteiger charge is -2.33. The molecule has 0 spiro atoms. The number of hydrogen-bond acceptors (Lipinski definition) is 2. The van der Waals surface area contributed by atoms with Crippen LogP contribution >= 0.6 is 0 Å². The molecule has 120 valence electrons. The third-order valence-corrected chi connectivity index (χ3v) is 3.98. The number of carbonyl (C=O) groups is 1. The molecule has 1 aliphatic rings. The molecule has 2 aromatic rings. The minimum absolute atomic E-state index is 0.319. The Kier molecular flexibility index (Phi) is 3.98. The van der Waals surface area contributed by atoms with Crippen LogP contribution in [0.3, 0.4) is 0 Å². The van der Waals surface area contributed by atoms with Gasteiger partial charge in [-0.25, -0.2) is 13.2 Å². The number of hydrogen-bond donors (Lipinski definition) is 0. The minimum Gasteiger partial charge on any atom is -0.493 e. The third-order valence-electron chi connectivity index (χ3n) is 3.98. The lowest BCUT2D eigenvalue weighted by molar-refractivity contribution is 0.0680. The average Bonchev–Trinajstić information content (AvgIpc) is 2.58. The number of amides is 1. The van der Waals surface area contributed by atoms with Crippen LogP contribution in [-0.2, 0) is 0 Å². The van der Waals surface area contributed by atoms with Crippen LogP contribution in [0.5, 0.6) is 5.75 Å². The SMILES string of the molecule is CN(C(=O)c1ccc(F)c(F)c1F)C1CCOc2ccccc21. The predicted octanol–water partition coefficient (Wildman–Crippen LogP) is 3.70. The number of rotatable bonds is 2. The van der Waals surface area contributed by atoms with Gasteiger partial charge in [0, 0.05) is 19.0 Å². The lowest BCUT2D eigenvalue weighted by atomic mass is 9.98.